The molecule has 1 aliphatic heterocycles. The van der Waals surface area contributed by atoms with Crippen LogP contribution in [0.4, 0.5) is 0 Å². The van der Waals surface area contributed by atoms with Crippen molar-refractivity contribution in [2.75, 3.05) is 12.4 Å². The first kappa shape index (κ1) is 19.6. The first-order valence-corrected chi connectivity index (χ1v) is 9.53. The second-order valence-electron chi connectivity index (χ2n) is 4.75. The van der Waals surface area contributed by atoms with Crippen LogP contribution in [0.15, 0.2) is 35.5 Å². The molecule has 25 heavy (non-hydrogen) atoms. The fourth-order valence-corrected chi connectivity index (χ4v) is 3.78. The largest absolute Gasteiger partial charge is 0.490 e. The third-order valence-electron chi connectivity index (χ3n) is 2.81. The first-order chi connectivity index (χ1) is 11.9. The predicted molar refractivity (Wildman–Crippen MR) is 105 cm³/mol. The van der Waals surface area contributed by atoms with Gasteiger partial charge >= 0.3 is 5.97 Å². The lowest BCUT2D eigenvalue weighted by Gasteiger charge is -2.12. The Balaban J connectivity index is 2.36. The van der Waals surface area contributed by atoms with Crippen LogP contribution in [0.25, 0.3) is 6.08 Å². The summed E-state index contributed by atoms with van der Waals surface area (Å²) in [7, 11) is 0. The highest BCUT2D eigenvalue weighted by Gasteiger charge is 2.22. The number of thioether (sulfide) groups is 2. The van der Waals surface area contributed by atoms with Gasteiger partial charge in [0.15, 0.2) is 11.5 Å². The maximum Gasteiger partial charge on any atom is 0.308 e. The molecular formula is C17H16ClNO4S2. The zero-order chi connectivity index (χ0) is 18.4. The van der Waals surface area contributed by atoms with Gasteiger partial charge in [-0.1, -0.05) is 29.4 Å². The number of carbonyl (C=O) groups excluding carboxylic acids is 2. The Morgan fingerprint density at radius 3 is 2.88 bits per heavy atom. The standard InChI is InChI=1S/C17H16ClNO4S2/c1-4-6-24-17-19-13(16(21)25-17)8-11-7-12(18)15(23-10(3)20)14(9-11)22-5-2/h4,7-9H,1,5-6H2,2-3H3. The third-order valence-corrected chi connectivity index (χ3v) is 5.09. The molecule has 8 heteroatoms. The summed E-state index contributed by atoms with van der Waals surface area (Å²) in [5.41, 5.74) is 0.960. The van der Waals surface area contributed by atoms with Gasteiger partial charge in [0.05, 0.1) is 11.6 Å². The molecule has 0 bridgehead atoms. The van der Waals surface area contributed by atoms with Crippen molar-refractivity contribution >= 4 is 56.7 Å². The Bertz CT molecular complexity index is 774. The van der Waals surface area contributed by atoms with Crippen LogP contribution in [-0.2, 0) is 9.59 Å². The van der Waals surface area contributed by atoms with E-state index in [0.717, 1.165) is 11.8 Å². The van der Waals surface area contributed by atoms with Crippen molar-refractivity contribution in [3.63, 3.8) is 0 Å². The van der Waals surface area contributed by atoms with E-state index < -0.39 is 5.97 Å². The molecule has 1 heterocycles. The normalized spacial score (nSPS) is 15.2. The Labute approximate surface area is 159 Å². The summed E-state index contributed by atoms with van der Waals surface area (Å²) >= 11 is 8.74. The van der Waals surface area contributed by atoms with Crippen LogP contribution < -0.4 is 9.47 Å². The summed E-state index contributed by atoms with van der Waals surface area (Å²) in [5.74, 6) is 0.685. The highest BCUT2D eigenvalue weighted by atomic mass is 35.5. The molecule has 1 aromatic carbocycles. The smallest absolute Gasteiger partial charge is 0.308 e. The fraction of sp³-hybridized carbons (Fsp3) is 0.235. The number of nitrogens with zero attached hydrogens (tertiary/aromatic N) is 1. The van der Waals surface area contributed by atoms with E-state index in [4.69, 9.17) is 21.1 Å². The van der Waals surface area contributed by atoms with Gasteiger partial charge in [-0.05, 0) is 42.5 Å². The Kier molecular flexibility index (Phi) is 7.16. The van der Waals surface area contributed by atoms with Crippen molar-refractivity contribution in [3.8, 4) is 11.5 Å². The number of ether oxygens (including phenoxy) is 2. The average molecular weight is 398 g/mol. The minimum Gasteiger partial charge on any atom is -0.490 e. The minimum atomic E-state index is -0.496. The molecule has 0 saturated carbocycles. The van der Waals surface area contributed by atoms with Gasteiger partial charge in [-0.2, -0.15) is 0 Å². The molecule has 0 spiro atoms. The third kappa shape index (κ3) is 5.39. The number of hydrogen-bond acceptors (Lipinski definition) is 7. The second-order valence-corrected chi connectivity index (χ2v) is 7.39. The van der Waals surface area contributed by atoms with Gasteiger partial charge in [0.25, 0.3) is 0 Å². The lowest BCUT2D eigenvalue weighted by Crippen LogP contribution is -2.05. The number of benzene rings is 1. The molecule has 0 amide bonds. The van der Waals surface area contributed by atoms with Crippen LogP contribution >= 0.6 is 35.1 Å². The molecule has 1 aromatic rings. The minimum absolute atomic E-state index is 0.135. The average Bonchev–Trinajstić information content (AvgIpc) is 2.88. The second kappa shape index (κ2) is 9.12. The topological polar surface area (TPSA) is 65.0 Å². The number of esters is 1. The van der Waals surface area contributed by atoms with Crippen molar-refractivity contribution in [2.24, 2.45) is 4.99 Å². The zero-order valence-electron chi connectivity index (χ0n) is 13.7. The molecule has 0 saturated heterocycles. The lowest BCUT2D eigenvalue weighted by atomic mass is 10.1. The molecule has 0 unspecified atom stereocenters. The van der Waals surface area contributed by atoms with E-state index >= 15 is 0 Å². The molecule has 2 rings (SSSR count). The summed E-state index contributed by atoms with van der Waals surface area (Å²) in [5, 5.41) is 0.0843. The summed E-state index contributed by atoms with van der Waals surface area (Å²) in [4.78, 5) is 27.6. The number of rotatable bonds is 6. The molecule has 1 aliphatic rings. The fourth-order valence-electron chi connectivity index (χ4n) is 1.92. The molecule has 5 nitrogen and oxygen atoms in total. The number of aliphatic imine (C=N–C) groups is 1. The van der Waals surface area contributed by atoms with Gasteiger partial charge in [-0.25, -0.2) is 4.99 Å². The van der Waals surface area contributed by atoms with Crippen molar-refractivity contribution < 1.29 is 19.1 Å². The maximum absolute atomic E-state index is 12.1. The van der Waals surface area contributed by atoms with Crippen LogP contribution in [0.3, 0.4) is 0 Å². The molecule has 0 N–H and O–H groups in total. The molecule has 0 aromatic heterocycles. The first-order valence-electron chi connectivity index (χ1n) is 7.35. The quantitative estimate of drug-likeness (QED) is 0.303. The van der Waals surface area contributed by atoms with Gasteiger partial charge in [0, 0.05) is 12.7 Å². The van der Waals surface area contributed by atoms with E-state index in [1.165, 1.54) is 18.7 Å². The van der Waals surface area contributed by atoms with E-state index in [0.29, 0.717) is 33.7 Å². The number of carbonyl (C=O) groups is 2. The molecular weight excluding hydrogens is 382 g/mol. The summed E-state index contributed by atoms with van der Waals surface area (Å²) in [6.45, 7) is 7.11. The van der Waals surface area contributed by atoms with Crippen LogP contribution in [0, 0.1) is 0 Å². The van der Waals surface area contributed by atoms with Gasteiger partial charge in [0.2, 0.25) is 5.12 Å². The van der Waals surface area contributed by atoms with Crippen molar-refractivity contribution in [1.29, 1.82) is 0 Å². The van der Waals surface area contributed by atoms with E-state index in [9.17, 15) is 9.59 Å². The van der Waals surface area contributed by atoms with Crippen LogP contribution in [0.5, 0.6) is 11.5 Å². The predicted octanol–water partition coefficient (Wildman–Crippen LogP) is 4.55. The summed E-state index contributed by atoms with van der Waals surface area (Å²) < 4.78 is 11.3. The molecule has 0 aliphatic carbocycles. The molecule has 0 fully saturated rings. The van der Waals surface area contributed by atoms with Crippen LogP contribution in [-0.4, -0.2) is 27.8 Å². The van der Waals surface area contributed by atoms with Gasteiger partial charge in [0.1, 0.15) is 10.1 Å². The van der Waals surface area contributed by atoms with Gasteiger partial charge < -0.3 is 9.47 Å². The SMILES string of the molecule is C=CCSC1=NC(=Cc2cc(Cl)c(OC(C)=O)c(OCC)c2)C(=O)S1. The Hall–Kier alpha value is -1.70. The number of halogens is 1. The molecule has 0 radical (unpaired) electrons. The Morgan fingerprint density at radius 2 is 2.24 bits per heavy atom. The molecule has 132 valence electrons. The molecule has 0 atom stereocenters. The van der Waals surface area contributed by atoms with E-state index in [1.807, 2.05) is 0 Å². The van der Waals surface area contributed by atoms with E-state index in [1.54, 1.807) is 31.2 Å². The zero-order valence-corrected chi connectivity index (χ0v) is 16.1. The van der Waals surface area contributed by atoms with Crippen molar-refractivity contribution in [3.05, 3.63) is 41.1 Å². The number of hydrogen-bond donors (Lipinski definition) is 0. The van der Waals surface area contributed by atoms with Gasteiger partial charge in [-0.15, -0.1) is 6.58 Å². The van der Waals surface area contributed by atoms with Gasteiger partial charge in [-0.3, -0.25) is 9.59 Å². The highest BCUT2D eigenvalue weighted by molar-refractivity contribution is 8.45. The highest BCUT2D eigenvalue weighted by Crippen LogP contribution is 2.38. The van der Waals surface area contributed by atoms with Crippen molar-refractivity contribution in [2.45, 2.75) is 13.8 Å². The van der Waals surface area contributed by atoms with Crippen molar-refractivity contribution in [1.82, 2.24) is 0 Å². The van der Waals surface area contributed by atoms with E-state index in [-0.39, 0.29) is 15.9 Å². The summed E-state index contributed by atoms with van der Waals surface area (Å²) in [6.07, 6.45) is 3.38. The lowest BCUT2D eigenvalue weighted by molar-refractivity contribution is -0.132. The van der Waals surface area contributed by atoms with Crippen LogP contribution in [0.2, 0.25) is 5.02 Å². The monoisotopic (exact) mass is 397 g/mol. The maximum atomic E-state index is 12.1. The Morgan fingerprint density at radius 1 is 1.48 bits per heavy atom. The van der Waals surface area contributed by atoms with E-state index in [2.05, 4.69) is 11.6 Å². The summed E-state index contributed by atoms with van der Waals surface area (Å²) in [6, 6.07) is 3.25. The van der Waals surface area contributed by atoms with Crippen LogP contribution in [0.1, 0.15) is 19.4 Å².